The Kier molecular flexibility index (Phi) is 6.06. The predicted molar refractivity (Wildman–Crippen MR) is 72.8 cm³/mol. The van der Waals surface area contributed by atoms with Crippen molar-refractivity contribution in [2.75, 3.05) is 27.3 Å². The highest BCUT2D eigenvalue weighted by Crippen LogP contribution is 2.29. The van der Waals surface area contributed by atoms with Crippen LogP contribution in [0.2, 0.25) is 0 Å². The van der Waals surface area contributed by atoms with Gasteiger partial charge < -0.3 is 20.5 Å². The van der Waals surface area contributed by atoms with Crippen molar-refractivity contribution in [2.45, 2.75) is 12.5 Å². The molecule has 0 bridgehead atoms. The highest BCUT2D eigenvalue weighted by atomic mass is 16.5. The topological polar surface area (TPSA) is 56.5 Å². The number of terminal acetylenes is 1. The van der Waals surface area contributed by atoms with Crippen LogP contribution in [0, 0.1) is 12.3 Å². The van der Waals surface area contributed by atoms with Crippen molar-refractivity contribution >= 4 is 0 Å². The van der Waals surface area contributed by atoms with E-state index in [0.717, 1.165) is 23.6 Å². The summed E-state index contributed by atoms with van der Waals surface area (Å²) in [5, 5.41) is 3.31. The quantitative estimate of drug-likeness (QED) is 0.564. The molecule has 4 heteroatoms. The van der Waals surface area contributed by atoms with E-state index in [2.05, 4.69) is 11.2 Å². The SMILES string of the molecule is C#CCCNC(CN)c1ccc(OC)cc1OC. The molecule has 1 aromatic rings. The predicted octanol–water partition coefficient (Wildman–Crippen LogP) is 1.32. The molecule has 0 radical (unpaired) electrons. The molecule has 4 nitrogen and oxygen atoms in total. The molecular formula is C14H20N2O2. The maximum atomic E-state index is 5.78. The lowest BCUT2D eigenvalue weighted by molar-refractivity contribution is 0.384. The first-order chi connectivity index (χ1) is 8.76. The van der Waals surface area contributed by atoms with Gasteiger partial charge in [-0.3, -0.25) is 0 Å². The third kappa shape index (κ3) is 3.66. The van der Waals surface area contributed by atoms with Crippen LogP contribution in [0.4, 0.5) is 0 Å². The maximum absolute atomic E-state index is 5.78. The monoisotopic (exact) mass is 248 g/mol. The number of benzene rings is 1. The highest BCUT2D eigenvalue weighted by molar-refractivity contribution is 5.42. The van der Waals surface area contributed by atoms with Crippen LogP contribution < -0.4 is 20.5 Å². The molecule has 0 spiro atoms. The Hall–Kier alpha value is -1.70. The highest BCUT2D eigenvalue weighted by Gasteiger charge is 2.14. The molecule has 3 N–H and O–H groups in total. The molecule has 0 saturated carbocycles. The molecule has 0 aliphatic rings. The summed E-state index contributed by atoms with van der Waals surface area (Å²) in [5.74, 6) is 4.11. The Morgan fingerprint density at radius 1 is 1.39 bits per heavy atom. The number of nitrogens with one attached hydrogen (secondary N) is 1. The van der Waals surface area contributed by atoms with Gasteiger partial charge in [-0.05, 0) is 6.07 Å². The Bertz CT molecular complexity index is 413. The van der Waals surface area contributed by atoms with Crippen LogP contribution in [0.25, 0.3) is 0 Å². The third-order valence-electron chi connectivity index (χ3n) is 2.71. The van der Waals surface area contributed by atoms with Gasteiger partial charge in [-0.15, -0.1) is 12.3 Å². The van der Waals surface area contributed by atoms with E-state index in [9.17, 15) is 0 Å². The van der Waals surface area contributed by atoms with Crippen molar-refractivity contribution in [1.29, 1.82) is 0 Å². The normalized spacial score (nSPS) is 11.7. The molecule has 0 saturated heterocycles. The van der Waals surface area contributed by atoms with Crippen molar-refractivity contribution in [3.63, 3.8) is 0 Å². The minimum Gasteiger partial charge on any atom is -0.497 e. The lowest BCUT2D eigenvalue weighted by Gasteiger charge is -2.20. The van der Waals surface area contributed by atoms with Gasteiger partial charge in [0.25, 0.3) is 0 Å². The van der Waals surface area contributed by atoms with E-state index in [4.69, 9.17) is 21.6 Å². The number of hydrogen-bond acceptors (Lipinski definition) is 4. The summed E-state index contributed by atoms with van der Waals surface area (Å²) in [7, 11) is 3.26. The van der Waals surface area contributed by atoms with Gasteiger partial charge in [0.15, 0.2) is 0 Å². The van der Waals surface area contributed by atoms with E-state index in [-0.39, 0.29) is 6.04 Å². The Balaban J connectivity index is 2.87. The second kappa shape index (κ2) is 7.59. The summed E-state index contributed by atoms with van der Waals surface area (Å²) in [6.07, 6.45) is 5.90. The van der Waals surface area contributed by atoms with Crippen LogP contribution in [0.3, 0.4) is 0 Å². The van der Waals surface area contributed by atoms with Gasteiger partial charge in [-0.1, -0.05) is 6.07 Å². The average molecular weight is 248 g/mol. The van der Waals surface area contributed by atoms with E-state index in [1.54, 1.807) is 14.2 Å². The van der Waals surface area contributed by atoms with Crippen molar-refractivity contribution in [3.8, 4) is 23.8 Å². The molecule has 0 fully saturated rings. The van der Waals surface area contributed by atoms with Crippen LogP contribution in [0.15, 0.2) is 18.2 Å². The molecule has 98 valence electrons. The molecule has 1 unspecified atom stereocenters. The molecule has 1 aromatic carbocycles. The van der Waals surface area contributed by atoms with Gasteiger partial charge in [-0.25, -0.2) is 0 Å². The molecule has 1 rings (SSSR count). The van der Waals surface area contributed by atoms with Gasteiger partial charge in [0.1, 0.15) is 11.5 Å². The van der Waals surface area contributed by atoms with Crippen LogP contribution in [-0.2, 0) is 0 Å². The number of hydrogen-bond donors (Lipinski definition) is 2. The molecule has 0 aliphatic carbocycles. The van der Waals surface area contributed by atoms with Crippen LogP contribution >= 0.6 is 0 Å². The second-order valence-electron chi connectivity index (χ2n) is 3.80. The third-order valence-corrected chi connectivity index (χ3v) is 2.71. The zero-order valence-corrected chi connectivity index (χ0v) is 10.9. The van der Waals surface area contributed by atoms with Gasteiger partial charge in [-0.2, -0.15) is 0 Å². The van der Waals surface area contributed by atoms with Crippen LogP contribution in [0.1, 0.15) is 18.0 Å². The Morgan fingerprint density at radius 2 is 2.17 bits per heavy atom. The molecule has 18 heavy (non-hydrogen) atoms. The lowest BCUT2D eigenvalue weighted by Crippen LogP contribution is -2.29. The first-order valence-electron chi connectivity index (χ1n) is 5.85. The summed E-state index contributed by atoms with van der Waals surface area (Å²) in [6.45, 7) is 1.21. The number of nitrogens with two attached hydrogens (primary N) is 1. The first kappa shape index (κ1) is 14.4. The summed E-state index contributed by atoms with van der Waals surface area (Å²) >= 11 is 0. The molecule has 0 aliphatic heterocycles. The van der Waals surface area contributed by atoms with Crippen molar-refractivity contribution in [2.24, 2.45) is 5.73 Å². The number of ether oxygens (including phenoxy) is 2. The minimum atomic E-state index is 0.0270. The molecule has 1 atom stereocenters. The van der Waals surface area contributed by atoms with Crippen molar-refractivity contribution < 1.29 is 9.47 Å². The van der Waals surface area contributed by atoms with Crippen LogP contribution in [0.5, 0.6) is 11.5 Å². The Morgan fingerprint density at radius 3 is 2.72 bits per heavy atom. The first-order valence-corrected chi connectivity index (χ1v) is 5.85. The number of rotatable bonds is 7. The lowest BCUT2D eigenvalue weighted by atomic mass is 10.1. The van der Waals surface area contributed by atoms with E-state index in [1.165, 1.54) is 0 Å². The molecule has 0 heterocycles. The minimum absolute atomic E-state index is 0.0270. The molecule has 0 amide bonds. The zero-order chi connectivity index (χ0) is 13.4. The fourth-order valence-corrected chi connectivity index (χ4v) is 1.75. The van der Waals surface area contributed by atoms with Gasteiger partial charge in [0, 0.05) is 37.2 Å². The van der Waals surface area contributed by atoms with E-state index in [0.29, 0.717) is 13.0 Å². The number of methoxy groups -OCH3 is 2. The largest absolute Gasteiger partial charge is 0.497 e. The fourth-order valence-electron chi connectivity index (χ4n) is 1.75. The van der Waals surface area contributed by atoms with Crippen LogP contribution in [-0.4, -0.2) is 27.3 Å². The molecular weight excluding hydrogens is 228 g/mol. The fraction of sp³-hybridized carbons (Fsp3) is 0.429. The summed E-state index contributed by atoms with van der Waals surface area (Å²) in [4.78, 5) is 0. The zero-order valence-electron chi connectivity index (χ0n) is 10.9. The van der Waals surface area contributed by atoms with E-state index < -0.39 is 0 Å². The standard InChI is InChI=1S/C14H20N2O2/c1-4-5-8-16-13(10-15)12-7-6-11(17-2)9-14(12)18-3/h1,6-7,9,13,16H,5,8,10,15H2,2-3H3. The summed E-state index contributed by atoms with van der Waals surface area (Å²) in [5.41, 5.74) is 6.79. The Labute approximate surface area is 108 Å². The molecule has 0 aromatic heterocycles. The van der Waals surface area contributed by atoms with Crippen molar-refractivity contribution in [1.82, 2.24) is 5.32 Å². The second-order valence-corrected chi connectivity index (χ2v) is 3.80. The average Bonchev–Trinajstić information content (AvgIpc) is 2.43. The smallest absolute Gasteiger partial charge is 0.127 e. The summed E-state index contributed by atoms with van der Waals surface area (Å²) in [6, 6.07) is 5.72. The van der Waals surface area contributed by atoms with Gasteiger partial charge >= 0.3 is 0 Å². The summed E-state index contributed by atoms with van der Waals surface area (Å²) < 4.78 is 10.5. The maximum Gasteiger partial charge on any atom is 0.127 e. The van der Waals surface area contributed by atoms with E-state index >= 15 is 0 Å². The van der Waals surface area contributed by atoms with Gasteiger partial charge in [0.05, 0.1) is 14.2 Å². The van der Waals surface area contributed by atoms with Crippen molar-refractivity contribution in [3.05, 3.63) is 23.8 Å². The van der Waals surface area contributed by atoms with E-state index in [1.807, 2.05) is 18.2 Å². The van der Waals surface area contributed by atoms with Gasteiger partial charge in [0.2, 0.25) is 0 Å².